The minimum Gasteiger partial charge on any atom is -0.314 e. The van der Waals surface area contributed by atoms with Crippen molar-refractivity contribution in [2.45, 2.75) is 53.6 Å². The molecule has 0 N–H and O–H groups in total. The van der Waals surface area contributed by atoms with Gasteiger partial charge in [-0.3, -0.25) is 0 Å². The average Bonchev–Trinajstić information content (AvgIpc) is 2.86. The van der Waals surface area contributed by atoms with Crippen molar-refractivity contribution in [3.05, 3.63) is 51.9 Å². The van der Waals surface area contributed by atoms with Crippen molar-refractivity contribution < 1.29 is 4.18 Å². The first-order valence-corrected chi connectivity index (χ1v) is 9.68. The highest BCUT2D eigenvalue weighted by Crippen LogP contribution is 2.47. The molecule has 2 aromatic rings. The Labute approximate surface area is 155 Å². The van der Waals surface area contributed by atoms with E-state index in [4.69, 9.17) is 4.18 Å². The van der Waals surface area contributed by atoms with Crippen LogP contribution in [0.5, 0.6) is 0 Å². The Bertz CT molecular complexity index is 783. The van der Waals surface area contributed by atoms with Crippen LogP contribution < -0.4 is 0 Å². The van der Waals surface area contributed by atoms with Gasteiger partial charge >= 0.3 is 0 Å². The summed E-state index contributed by atoms with van der Waals surface area (Å²) in [5, 5.41) is 0. The van der Waals surface area contributed by atoms with E-state index in [9.17, 15) is 0 Å². The molecule has 0 bridgehead atoms. The predicted molar refractivity (Wildman–Crippen MR) is 109 cm³/mol. The lowest BCUT2D eigenvalue weighted by atomic mass is 9.75. The molecule has 0 unspecified atom stereocenters. The topological polar surface area (TPSA) is 9.23 Å². The molecule has 0 saturated carbocycles. The summed E-state index contributed by atoms with van der Waals surface area (Å²) in [6.07, 6.45) is 3.60. The number of thiophene rings is 1. The second-order valence-corrected chi connectivity index (χ2v) is 9.06. The van der Waals surface area contributed by atoms with E-state index in [1.807, 2.05) is 11.3 Å². The van der Waals surface area contributed by atoms with Crippen LogP contribution in [0.2, 0.25) is 0 Å². The lowest BCUT2D eigenvalue weighted by Crippen LogP contribution is -2.21. The molecule has 1 aromatic carbocycles. The summed E-state index contributed by atoms with van der Waals surface area (Å²) in [7, 11) is 0. The molecule has 0 amide bonds. The van der Waals surface area contributed by atoms with E-state index in [1.54, 1.807) is 4.88 Å². The Balaban J connectivity index is 2.18. The second kappa shape index (κ2) is 6.70. The van der Waals surface area contributed by atoms with E-state index in [0.717, 1.165) is 6.42 Å². The first-order valence-electron chi connectivity index (χ1n) is 8.49. The van der Waals surface area contributed by atoms with Crippen LogP contribution in [0.1, 0.15) is 54.3 Å². The van der Waals surface area contributed by atoms with E-state index in [0.29, 0.717) is 12.0 Å². The van der Waals surface area contributed by atoms with Crippen LogP contribution in [0.4, 0.5) is 0 Å². The Morgan fingerprint density at radius 1 is 1.38 bits per heavy atom. The molecule has 0 fully saturated rings. The number of benzene rings is 1. The number of hydrogen-bond acceptors (Lipinski definition) is 3. The highest BCUT2D eigenvalue weighted by Gasteiger charge is 2.31. The van der Waals surface area contributed by atoms with Crippen LogP contribution >= 0.6 is 24.2 Å². The van der Waals surface area contributed by atoms with Crippen molar-refractivity contribution >= 4 is 29.8 Å². The van der Waals surface area contributed by atoms with Gasteiger partial charge < -0.3 is 4.18 Å². The zero-order valence-corrected chi connectivity index (χ0v) is 16.7. The number of fused-ring (bicyclic) bond motifs is 1. The largest absolute Gasteiger partial charge is 0.314 e. The standard InChI is InChI=1S/C21H26OS2/c1-13(2)19-17-11-21(4,5)10-9-18(17)24-20(19)16-8-6-7-15(12-22-23)14(16)3/h6-8,23H,1,9-12H2,2-5H3. The fourth-order valence-corrected chi connectivity index (χ4v) is 5.33. The summed E-state index contributed by atoms with van der Waals surface area (Å²) in [6, 6.07) is 6.47. The third-order valence-corrected chi connectivity index (χ3v) is 6.57. The van der Waals surface area contributed by atoms with Crippen LogP contribution in [0.15, 0.2) is 24.8 Å². The van der Waals surface area contributed by atoms with Crippen LogP contribution in [0.3, 0.4) is 0 Å². The van der Waals surface area contributed by atoms with E-state index in [2.05, 4.69) is 65.4 Å². The lowest BCUT2D eigenvalue weighted by molar-refractivity contribution is 0.317. The first kappa shape index (κ1) is 17.8. The highest BCUT2D eigenvalue weighted by molar-refractivity contribution is 7.75. The van der Waals surface area contributed by atoms with Crippen LogP contribution in [-0.4, -0.2) is 0 Å². The van der Waals surface area contributed by atoms with Crippen molar-refractivity contribution in [1.82, 2.24) is 0 Å². The van der Waals surface area contributed by atoms with E-state index < -0.39 is 0 Å². The van der Waals surface area contributed by atoms with Crippen molar-refractivity contribution in [3.8, 4) is 10.4 Å². The van der Waals surface area contributed by atoms with Gasteiger partial charge in [0.05, 0.1) is 6.61 Å². The molecule has 0 atom stereocenters. The Morgan fingerprint density at radius 3 is 2.79 bits per heavy atom. The molecule has 3 rings (SSSR count). The third kappa shape index (κ3) is 3.22. The van der Waals surface area contributed by atoms with Crippen molar-refractivity contribution in [1.29, 1.82) is 0 Å². The minimum atomic E-state index is 0.381. The van der Waals surface area contributed by atoms with Crippen LogP contribution in [0.25, 0.3) is 16.0 Å². The molecule has 0 aliphatic heterocycles. The van der Waals surface area contributed by atoms with Crippen LogP contribution in [0, 0.1) is 12.3 Å². The van der Waals surface area contributed by atoms with Gasteiger partial charge in [-0.15, -0.1) is 11.3 Å². The van der Waals surface area contributed by atoms with E-state index in [1.165, 1.54) is 51.1 Å². The molecule has 0 radical (unpaired) electrons. The molecule has 1 aliphatic carbocycles. The Hall–Kier alpha value is -1.03. The normalized spacial score (nSPS) is 16.0. The fraction of sp³-hybridized carbons (Fsp3) is 0.429. The fourth-order valence-electron chi connectivity index (χ4n) is 3.72. The number of thiol groups is 1. The van der Waals surface area contributed by atoms with Crippen molar-refractivity contribution in [2.75, 3.05) is 0 Å². The van der Waals surface area contributed by atoms with Gasteiger partial charge in [-0.05, 0) is 84.8 Å². The summed E-state index contributed by atoms with van der Waals surface area (Å²) in [5.41, 5.74) is 8.27. The van der Waals surface area contributed by atoms with Gasteiger partial charge in [0.1, 0.15) is 0 Å². The maximum Gasteiger partial charge on any atom is 0.0864 e. The molecule has 1 aliphatic rings. The second-order valence-electron chi connectivity index (χ2n) is 7.69. The quantitative estimate of drug-likeness (QED) is 0.476. The molecule has 0 saturated heterocycles. The molecule has 24 heavy (non-hydrogen) atoms. The van der Waals surface area contributed by atoms with Gasteiger partial charge in [-0.1, -0.05) is 38.6 Å². The van der Waals surface area contributed by atoms with Gasteiger partial charge in [0, 0.05) is 9.75 Å². The van der Waals surface area contributed by atoms with Gasteiger partial charge in [0.15, 0.2) is 0 Å². The maximum atomic E-state index is 5.07. The Kier molecular flexibility index (Phi) is 4.96. The summed E-state index contributed by atoms with van der Waals surface area (Å²) in [5.74, 6) is 0. The van der Waals surface area contributed by atoms with Gasteiger partial charge in [0.25, 0.3) is 0 Å². The number of rotatable bonds is 4. The molecule has 128 valence electrons. The molecule has 1 heterocycles. The minimum absolute atomic E-state index is 0.381. The molecular weight excluding hydrogens is 332 g/mol. The third-order valence-electron chi connectivity index (χ3n) is 5.11. The van der Waals surface area contributed by atoms with E-state index >= 15 is 0 Å². The SMILES string of the molecule is C=C(C)c1c(-c2cccc(COS)c2C)sc2c1CC(C)(C)CC2. The molecule has 1 nitrogen and oxygen atoms in total. The number of aryl methyl sites for hydroxylation is 1. The average molecular weight is 359 g/mol. The molecular formula is C21H26OS2. The lowest BCUT2D eigenvalue weighted by Gasteiger charge is -2.30. The van der Waals surface area contributed by atoms with E-state index in [-0.39, 0.29) is 0 Å². The predicted octanol–water partition coefficient (Wildman–Crippen LogP) is 6.63. The van der Waals surface area contributed by atoms with Crippen molar-refractivity contribution in [2.24, 2.45) is 5.41 Å². The number of hydrogen-bond donors (Lipinski definition) is 1. The smallest absolute Gasteiger partial charge is 0.0864 e. The zero-order chi connectivity index (χ0) is 17.5. The zero-order valence-electron chi connectivity index (χ0n) is 15.0. The molecule has 3 heteroatoms. The molecule has 1 aromatic heterocycles. The molecule has 0 spiro atoms. The highest BCUT2D eigenvalue weighted by atomic mass is 32.1. The Morgan fingerprint density at radius 2 is 2.12 bits per heavy atom. The van der Waals surface area contributed by atoms with Gasteiger partial charge in [-0.25, -0.2) is 0 Å². The van der Waals surface area contributed by atoms with Gasteiger partial charge in [-0.2, -0.15) is 0 Å². The van der Waals surface area contributed by atoms with Crippen molar-refractivity contribution in [3.63, 3.8) is 0 Å². The summed E-state index contributed by atoms with van der Waals surface area (Å²) in [4.78, 5) is 2.93. The van der Waals surface area contributed by atoms with Gasteiger partial charge in [0.2, 0.25) is 0 Å². The summed E-state index contributed by atoms with van der Waals surface area (Å²) >= 11 is 5.88. The maximum absolute atomic E-state index is 5.07. The summed E-state index contributed by atoms with van der Waals surface area (Å²) in [6.45, 7) is 13.9. The monoisotopic (exact) mass is 358 g/mol. The van der Waals surface area contributed by atoms with Crippen LogP contribution in [-0.2, 0) is 23.6 Å². The number of allylic oxidation sites excluding steroid dienone is 1. The summed E-state index contributed by atoms with van der Waals surface area (Å²) < 4.78 is 5.07. The first-order chi connectivity index (χ1) is 11.3.